The Kier molecular flexibility index (Phi) is 5.26. The molecule has 10 heteroatoms. The van der Waals surface area contributed by atoms with E-state index in [1.54, 1.807) is 12.1 Å². The summed E-state index contributed by atoms with van der Waals surface area (Å²) in [7, 11) is 0. The van der Waals surface area contributed by atoms with E-state index in [1.807, 2.05) is 6.92 Å². The van der Waals surface area contributed by atoms with E-state index in [0.717, 1.165) is 0 Å². The van der Waals surface area contributed by atoms with Crippen LogP contribution >= 0.6 is 11.6 Å². The third-order valence-electron chi connectivity index (χ3n) is 5.50. The minimum Gasteiger partial charge on any atom is -0.360 e. The molecule has 1 atom stereocenters. The Morgan fingerprint density at radius 2 is 1.94 bits per heavy atom. The molecule has 0 unspecified atom stereocenters. The Morgan fingerprint density at radius 1 is 1.12 bits per heavy atom. The highest BCUT2D eigenvalue weighted by Gasteiger charge is 2.23. The van der Waals surface area contributed by atoms with Crippen molar-refractivity contribution in [1.82, 2.24) is 24.5 Å². The van der Waals surface area contributed by atoms with Crippen LogP contribution in [0.3, 0.4) is 0 Å². The number of imidazole rings is 1. The van der Waals surface area contributed by atoms with E-state index in [9.17, 15) is 13.6 Å². The van der Waals surface area contributed by atoms with Gasteiger partial charge in [0.1, 0.15) is 23.5 Å². The van der Waals surface area contributed by atoms with Gasteiger partial charge in [0.15, 0.2) is 11.5 Å². The molecule has 0 radical (unpaired) electrons. The van der Waals surface area contributed by atoms with Crippen molar-refractivity contribution >= 4 is 39.4 Å². The average Bonchev–Trinajstić information content (AvgIpc) is 3.30. The maximum absolute atomic E-state index is 14.9. The molecule has 7 nitrogen and oxygen atoms in total. The van der Waals surface area contributed by atoms with E-state index in [4.69, 9.17) is 11.6 Å². The fourth-order valence-corrected chi connectivity index (χ4v) is 4.17. The zero-order valence-corrected chi connectivity index (χ0v) is 18.1. The molecule has 0 aliphatic carbocycles. The van der Waals surface area contributed by atoms with Crippen LogP contribution in [-0.2, 0) is 0 Å². The van der Waals surface area contributed by atoms with Crippen molar-refractivity contribution in [3.63, 3.8) is 0 Å². The normalized spacial score (nSPS) is 12.4. The van der Waals surface area contributed by atoms with Crippen molar-refractivity contribution in [3.8, 4) is 5.69 Å². The molecular weight excluding hydrogens is 450 g/mol. The molecule has 2 aromatic carbocycles. The Morgan fingerprint density at radius 3 is 2.73 bits per heavy atom. The second kappa shape index (κ2) is 8.25. The quantitative estimate of drug-likeness (QED) is 0.374. The lowest BCUT2D eigenvalue weighted by Crippen LogP contribution is -2.27. The molecule has 0 fully saturated rings. The van der Waals surface area contributed by atoms with Gasteiger partial charge < -0.3 is 10.3 Å². The minimum absolute atomic E-state index is 0.0171. The number of fused-ring (bicyclic) bond motifs is 2. The second-order valence-electron chi connectivity index (χ2n) is 7.42. The molecule has 5 rings (SSSR count). The number of rotatable bonds is 5. The minimum atomic E-state index is -0.720. The highest BCUT2D eigenvalue weighted by atomic mass is 35.5. The van der Waals surface area contributed by atoms with Crippen molar-refractivity contribution in [2.45, 2.75) is 19.4 Å². The van der Waals surface area contributed by atoms with Gasteiger partial charge in [-0.15, -0.1) is 0 Å². The number of hydrogen-bond acceptors (Lipinski definition) is 5. The van der Waals surface area contributed by atoms with Gasteiger partial charge >= 0.3 is 0 Å². The van der Waals surface area contributed by atoms with Crippen LogP contribution in [0.5, 0.6) is 0 Å². The molecule has 0 saturated carbocycles. The van der Waals surface area contributed by atoms with Crippen LogP contribution in [0.15, 0.2) is 59.9 Å². The number of para-hydroxylation sites is 1. The fourth-order valence-electron chi connectivity index (χ4n) is 3.92. The molecule has 3 heterocycles. The summed E-state index contributed by atoms with van der Waals surface area (Å²) in [6.07, 6.45) is 3.41. The zero-order chi connectivity index (χ0) is 23.1. The maximum atomic E-state index is 14.9. The highest BCUT2D eigenvalue weighted by Crippen LogP contribution is 2.31. The van der Waals surface area contributed by atoms with Crippen LogP contribution in [0.4, 0.5) is 14.6 Å². The molecular formula is C23H17ClF2N6O. The third-order valence-corrected chi connectivity index (χ3v) is 5.87. The molecule has 0 saturated heterocycles. The summed E-state index contributed by atoms with van der Waals surface area (Å²) < 4.78 is 30.3. The number of nitrogens with one attached hydrogen (secondary N) is 2. The molecule has 2 N–H and O–H groups in total. The molecule has 0 spiro atoms. The van der Waals surface area contributed by atoms with Gasteiger partial charge in [0.2, 0.25) is 0 Å². The Balaban J connectivity index is 1.78. The van der Waals surface area contributed by atoms with Gasteiger partial charge in [0.05, 0.1) is 28.5 Å². The van der Waals surface area contributed by atoms with E-state index in [-0.39, 0.29) is 16.1 Å². The summed E-state index contributed by atoms with van der Waals surface area (Å²) >= 11 is 6.15. The maximum Gasteiger partial charge on any atom is 0.264 e. The predicted molar refractivity (Wildman–Crippen MR) is 123 cm³/mol. The monoisotopic (exact) mass is 466 g/mol. The standard InChI is InChI=1S/C23H17ClF2N6O/c1-2-15(31-22-20-21(28-10-27-20)29-11-30-22)17-9-12-7-8-14(26)19(24)18(12)23(33)32(17)16-6-4-3-5-13(16)25/h3-11,15H,2H2,1H3,(H2,27,28,29,30,31)/t15-/m1/s1. The third kappa shape index (κ3) is 3.50. The summed E-state index contributed by atoms with van der Waals surface area (Å²) in [5.41, 5.74) is 0.964. The van der Waals surface area contributed by atoms with Crippen LogP contribution in [0, 0.1) is 11.6 Å². The van der Waals surface area contributed by atoms with Crippen LogP contribution in [-0.4, -0.2) is 24.5 Å². The first kappa shape index (κ1) is 21.0. The summed E-state index contributed by atoms with van der Waals surface area (Å²) in [6, 6.07) is 9.83. The number of hydrogen-bond donors (Lipinski definition) is 2. The number of aromatic nitrogens is 5. The van der Waals surface area contributed by atoms with Gasteiger partial charge in [-0.25, -0.2) is 23.7 Å². The highest BCUT2D eigenvalue weighted by molar-refractivity contribution is 6.35. The molecule has 0 amide bonds. The van der Waals surface area contributed by atoms with E-state index < -0.39 is 23.2 Å². The Hall–Kier alpha value is -3.85. The predicted octanol–water partition coefficient (Wildman–Crippen LogP) is 5.15. The fraction of sp³-hybridized carbons (Fsp3) is 0.130. The van der Waals surface area contributed by atoms with E-state index in [0.29, 0.717) is 34.5 Å². The second-order valence-corrected chi connectivity index (χ2v) is 7.79. The Bertz CT molecular complexity index is 1560. The van der Waals surface area contributed by atoms with E-state index >= 15 is 0 Å². The van der Waals surface area contributed by atoms with Crippen molar-refractivity contribution < 1.29 is 8.78 Å². The molecule has 0 aliphatic rings. The number of anilines is 1. The number of halogens is 3. The average molecular weight is 467 g/mol. The zero-order valence-electron chi connectivity index (χ0n) is 17.3. The number of pyridine rings is 1. The number of benzene rings is 2. The lowest BCUT2D eigenvalue weighted by Gasteiger charge is -2.24. The number of nitrogens with zero attached hydrogens (tertiary/aromatic N) is 4. The summed E-state index contributed by atoms with van der Waals surface area (Å²) in [4.78, 5) is 29.1. The largest absolute Gasteiger partial charge is 0.360 e. The number of aromatic amines is 1. The van der Waals surface area contributed by atoms with E-state index in [2.05, 4.69) is 25.3 Å². The molecule has 5 aromatic rings. The molecule has 0 bridgehead atoms. The van der Waals surface area contributed by atoms with Gasteiger partial charge in [0.25, 0.3) is 5.56 Å². The van der Waals surface area contributed by atoms with Crippen LogP contribution in [0.25, 0.3) is 27.6 Å². The van der Waals surface area contributed by atoms with Gasteiger partial charge in [-0.2, -0.15) is 0 Å². The molecule has 0 aliphatic heterocycles. The van der Waals surface area contributed by atoms with Gasteiger partial charge in [-0.05, 0) is 36.1 Å². The van der Waals surface area contributed by atoms with Gasteiger partial charge in [-0.3, -0.25) is 9.36 Å². The first-order chi connectivity index (χ1) is 16.0. The van der Waals surface area contributed by atoms with Crippen molar-refractivity contribution in [3.05, 3.63) is 87.8 Å². The SMILES string of the molecule is CC[C@@H](Nc1ncnc2nc[nH]c12)c1cc2ccc(F)c(Cl)c2c(=O)n1-c1ccccc1F. The first-order valence-electron chi connectivity index (χ1n) is 10.2. The molecule has 166 valence electrons. The summed E-state index contributed by atoms with van der Waals surface area (Å²) in [6.45, 7) is 1.92. The van der Waals surface area contributed by atoms with E-state index in [1.165, 1.54) is 47.6 Å². The van der Waals surface area contributed by atoms with Crippen molar-refractivity contribution in [2.24, 2.45) is 0 Å². The molecule has 33 heavy (non-hydrogen) atoms. The van der Waals surface area contributed by atoms with Crippen molar-refractivity contribution in [1.29, 1.82) is 0 Å². The van der Waals surface area contributed by atoms with Gasteiger partial charge in [0, 0.05) is 5.69 Å². The van der Waals surface area contributed by atoms with Gasteiger partial charge in [-0.1, -0.05) is 36.7 Å². The lowest BCUT2D eigenvalue weighted by atomic mass is 10.0. The van der Waals surface area contributed by atoms with Crippen LogP contribution in [0.1, 0.15) is 25.1 Å². The lowest BCUT2D eigenvalue weighted by molar-refractivity contribution is 0.605. The molecule has 3 aromatic heterocycles. The topological polar surface area (TPSA) is 88.5 Å². The smallest absolute Gasteiger partial charge is 0.264 e. The van der Waals surface area contributed by atoms with Crippen LogP contribution < -0.4 is 10.9 Å². The Labute approximate surface area is 191 Å². The summed E-state index contributed by atoms with van der Waals surface area (Å²) in [5, 5.41) is 3.44. The number of H-pyrrole nitrogens is 1. The van der Waals surface area contributed by atoms with Crippen molar-refractivity contribution in [2.75, 3.05) is 5.32 Å². The van der Waals surface area contributed by atoms with Crippen LogP contribution in [0.2, 0.25) is 5.02 Å². The first-order valence-corrected chi connectivity index (χ1v) is 10.6. The summed E-state index contributed by atoms with van der Waals surface area (Å²) in [5.74, 6) is -0.836.